The molecular formula is C22H24N6O2. The first-order chi connectivity index (χ1) is 14.8. The Kier molecular flexibility index (Phi) is 6.34. The van der Waals surface area contributed by atoms with Crippen LogP contribution < -0.4 is 10.6 Å². The number of furan rings is 1. The second-order valence-corrected chi connectivity index (χ2v) is 6.95. The molecule has 0 radical (unpaired) electrons. The first kappa shape index (κ1) is 19.6. The largest absolute Gasteiger partial charge is 0.467 e. The maximum atomic E-state index is 12.1. The highest BCUT2D eigenvalue weighted by Crippen LogP contribution is 2.19. The van der Waals surface area contributed by atoms with Crippen LogP contribution in [0.15, 0.2) is 65.7 Å². The Morgan fingerprint density at radius 3 is 2.83 bits per heavy atom. The lowest BCUT2D eigenvalue weighted by Crippen LogP contribution is -2.27. The van der Waals surface area contributed by atoms with Gasteiger partial charge in [0.25, 0.3) is 0 Å². The normalized spacial score (nSPS) is 10.9. The van der Waals surface area contributed by atoms with Crippen molar-refractivity contribution in [3.05, 3.63) is 72.6 Å². The Morgan fingerprint density at radius 2 is 2.00 bits per heavy atom. The number of nitrogens with zero attached hydrogens (tertiary/aromatic N) is 4. The van der Waals surface area contributed by atoms with Crippen LogP contribution in [0.1, 0.15) is 24.2 Å². The summed E-state index contributed by atoms with van der Waals surface area (Å²) in [4.78, 5) is 20.7. The molecule has 1 amide bonds. The molecular weight excluding hydrogens is 380 g/mol. The van der Waals surface area contributed by atoms with Crippen LogP contribution in [0.25, 0.3) is 11.0 Å². The van der Waals surface area contributed by atoms with Gasteiger partial charge in [0.2, 0.25) is 5.91 Å². The summed E-state index contributed by atoms with van der Waals surface area (Å²) in [6, 6.07) is 14.0. The number of carbonyl (C=O) groups is 1. The van der Waals surface area contributed by atoms with E-state index in [0.29, 0.717) is 31.9 Å². The number of anilines is 1. The molecule has 30 heavy (non-hydrogen) atoms. The maximum absolute atomic E-state index is 12.1. The zero-order valence-electron chi connectivity index (χ0n) is 16.6. The molecule has 0 atom stereocenters. The molecule has 0 unspecified atom stereocenters. The third-order valence-electron chi connectivity index (χ3n) is 4.80. The fraction of sp³-hybridized carbons (Fsp3) is 0.273. The van der Waals surface area contributed by atoms with E-state index in [1.807, 2.05) is 30.3 Å². The molecule has 8 nitrogen and oxygen atoms in total. The zero-order valence-corrected chi connectivity index (χ0v) is 16.6. The molecule has 4 aromatic rings. The lowest BCUT2D eigenvalue weighted by atomic mass is 10.1. The quantitative estimate of drug-likeness (QED) is 0.421. The van der Waals surface area contributed by atoms with E-state index in [1.54, 1.807) is 17.1 Å². The number of hydrogen-bond acceptors (Lipinski definition) is 6. The molecule has 0 fully saturated rings. The van der Waals surface area contributed by atoms with Crippen molar-refractivity contribution in [3.8, 4) is 0 Å². The fourth-order valence-electron chi connectivity index (χ4n) is 3.27. The summed E-state index contributed by atoms with van der Waals surface area (Å²) in [7, 11) is 0. The van der Waals surface area contributed by atoms with Gasteiger partial charge in [-0.2, -0.15) is 5.10 Å². The van der Waals surface area contributed by atoms with Crippen molar-refractivity contribution in [1.29, 1.82) is 0 Å². The first-order valence-electron chi connectivity index (χ1n) is 10.0. The molecule has 0 bridgehead atoms. The van der Waals surface area contributed by atoms with Gasteiger partial charge in [0.1, 0.15) is 17.9 Å². The zero-order chi connectivity index (χ0) is 20.6. The van der Waals surface area contributed by atoms with Crippen molar-refractivity contribution in [3.63, 3.8) is 0 Å². The van der Waals surface area contributed by atoms with Gasteiger partial charge in [-0.3, -0.25) is 4.79 Å². The monoisotopic (exact) mass is 404 g/mol. The molecule has 4 rings (SSSR count). The molecule has 0 saturated heterocycles. The van der Waals surface area contributed by atoms with Crippen molar-refractivity contribution in [2.24, 2.45) is 0 Å². The van der Waals surface area contributed by atoms with Crippen molar-refractivity contribution in [2.45, 2.75) is 32.4 Å². The molecule has 0 spiro atoms. The Balaban J connectivity index is 1.26. The van der Waals surface area contributed by atoms with Crippen LogP contribution in [0.4, 0.5) is 5.82 Å². The minimum atomic E-state index is 0.0535. The number of aryl methyl sites for hydroxylation is 1. The summed E-state index contributed by atoms with van der Waals surface area (Å²) in [5.41, 5.74) is 1.98. The predicted octanol–water partition coefficient (Wildman–Crippen LogP) is 3.17. The van der Waals surface area contributed by atoms with Gasteiger partial charge in [0, 0.05) is 13.0 Å². The average molecular weight is 404 g/mol. The second kappa shape index (κ2) is 9.69. The molecule has 0 saturated carbocycles. The molecule has 0 aliphatic carbocycles. The summed E-state index contributed by atoms with van der Waals surface area (Å²) in [6.07, 6.45) is 7.13. The Labute approximate surface area is 174 Å². The van der Waals surface area contributed by atoms with E-state index in [9.17, 15) is 4.79 Å². The molecule has 0 aliphatic heterocycles. The van der Waals surface area contributed by atoms with Gasteiger partial charge < -0.3 is 15.1 Å². The number of aromatic nitrogens is 4. The van der Waals surface area contributed by atoms with E-state index in [1.165, 1.54) is 11.9 Å². The second-order valence-electron chi connectivity index (χ2n) is 6.95. The number of amides is 1. The smallest absolute Gasteiger partial charge is 0.220 e. The van der Waals surface area contributed by atoms with Crippen molar-refractivity contribution in [2.75, 3.05) is 11.9 Å². The molecule has 0 aliphatic rings. The van der Waals surface area contributed by atoms with Crippen molar-refractivity contribution in [1.82, 2.24) is 25.1 Å². The highest BCUT2D eigenvalue weighted by molar-refractivity contribution is 5.86. The van der Waals surface area contributed by atoms with Crippen LogP contribution in [-0.2, 0) is 24.3 Å². The fourth-order valence-corrected chi connectivity index (χ4v) is 3.27. The molecule has 3 heterocycles. The molecule has 154 valence electrons. The molecule has 2 N–H and O–H groups in total. The van der Waals surface area contributed by atoms with Gasteiger partial charge in [0.15, 0.2) is 5.65 Å². The van der Waals surface area contributed by atoms with Gasteiger partial charge in [-0.25, -0.2) is 14.6 Å². The lowest BCUT2D eigenvalue weighted by molar-refractivity contribution is -0.121. The molecule has 8 heteroatoms. The predicted molar refractivity (Wildman–Crippen MR) is 114 cm³/mol. The first-order valence-corrected chi connectivity index (χ1v) is 10.0. The highest BCUT2D eigenvalue weighted by Gasteiger charge is 2.10. The summed E-state index contributed by atoms with van der Waals surface area (Å²) in [5, 5.41) is 11.4. The summed E-state index contributed by atoms with van der Waals surface area (Å²) in [5.74, 6) is 1.58. The number of nitrogens with one attached hydrogen (secondary N) is 2. The van der Waals surface area contributed by atoms with E-state index in [2.05, 4.69) is 37.8 Å². The minimum Gasteiger partial charge on any atom is -0.467 e. The number of fused-ring (bicyclic) bond motifs is 1. The Hall–Kier alpha value is -3.68. The standard InChI is InChI=1S/C22H24N6O2/c29-20(10-4-8-17-6-2-1-3-7-17)23-11-12-28-22-19(15-27-28)21(25-16-26-22)24-14-18-9-5-13-30-18/h1-3,5-7,9,13,15-16H,4,8,10-12,14H2,(H,23,29)(H,24,25,26). The van der Waals surface area contributed by atoms with E-state index in [4.69, 9.17) is 4.42 Å². The Bertz CT molecular complexity index is 1080. The van der Waals surface area contributed by atoms with Crippen LogP contribution in [-0.4, -0.2) is 32.2 Å². The topological polar surface area (TPSA) is 97.9 Å². The molecule has 3 aromatic heterocycles. The molecule has 1 aromatic carbocycles. The van der Waals surface area contributed by atoms with Crippen LogP contribution in [0.2, 0.25) is 0 Å². The highest BCUT2D eigenvalue weighted by atomic mass is 16.3. The van der Waals surface area contributed by atoms with Crippen molar-refractivity contribution < 1.29 is 9.21 Å². The number of carbonyl (C=O) groups excluding carboxylic acids is 1. The average Bonchev–Trinajstić information content (AvgIpc) is 3.43. The van der Waals surface area contributed by atoms with E-state index < -0.39 is 0 Å². The summed E-state index contributed by atoms with van der Waals surface area (Å²) >= 11 is 0. The maximum Gasteiger partial charge on any atom is 0.220 e. The minimum absolute atomic E-state index is 0.0535. The van der Waals surface area contributed by atoms with Crippen LogP contribution >= 0.6 is 0 Å². The van der Waals surface area contributed by atoms with E-state index in [-0.39, 0.29) is 5.91 Å². The van der Waals surface area contributed by atoms with Crippen LogP contribution in [0.3, 0.4) is 0 Å². The number of hydrogen-bond donors (Lipinski definition) is 2. The van der Waals surface area contributed by atoms with Crippen LogP contribution in [0.5, 0.6) is 0 Å². The van der Waals surface area contributed by atoms with Gasteiger partial charge >= 0.3 is 0 Å². The SMILES string of the molecule is O=C(CCCc1ccccc1)NCCn1ncc2c(NCc3ccco3)ncnc21. The van der Waals surface area contributed by atoms with Crippen LogP contribution in [0, 0.1) is 0 Å². The third-order valence-corrected chi connectivity index (χ3v) is 4.80. The van der Waals surface area contributed by atoms with Gasteiger partial charge in [-0.1, -0.05) is 30.3 Å². The number of benzene rings is 1. The van der Waals surface area contributed by atoms with Crippen molar-refractivity contribution >= 4 is 22.8 Å². The third kappa shape index (κ3) is 5.02. The van der Waals surface area contributed by atoms with Gasteiger partial charge in [0.05, 0.1) is 30.9 Å². The van der Waals surface area contributed by atoms with E-state index >= 15 is 0 Å². The van der Waals surface area contributed by atoms with Gasteiger partial charge in [-0.05, 0) is 30.5 Å². The van der Waals surface area contributed by atoms with E-state index in [0.717, 1.165) is 29.6 Å². The van der Waals surface area contributed by atoms with Gasteiger partial charge in [-0.15, -0.1) is 0 Å². The summed E-state index contributed by atoms with van der Waals surface area (Å²) in [6.45, 7) is 1.58. The number of rotatable bonds is 10. The lowest BCUT2D eigenvalue weighted by Gasteiger charge is -2.07. The Morgan fingerprint density at radius 1 is 1.10 bits per heavy atom. The summed E-state index contributed by atoms with van der Waals surface area (Å²) < 4.78 is 7.11.